The second-order valence-electron chi connectivity index (χ2n) is 6.98. The molecule has 0 aromatic heterocycles. The number of morpholine rings is 1. The molecule has 0 amide bonds. The van der Waals surface area contributed by atoms with Crippen LogP contribution < -0.4 is 4.74 Å². The summed E-state index contributed by atoms with van der Waals surface area (Å²) < 4.78 is 11.8. The van der Waals surface area contributed by atoms with E-state index in [2.05, 4.69) is 11.8 Å². The fourth-order valence-corrected chi connectivity index (χ4v) is 4.04. The predicted molar refractivity (Wildman–Crippen MR) is 117 cm³/mol. The highest BCUT2D eigenvalue weighted by molar-refractivity contribution is 6.63. The van der Waals surface area contributed by atoms with Crippen LogP contribution in [0, 0.1) is 0 Å². The lowest BCUT2D eigenvalue weighted by atomic mass is 10.1. The van der Waals surface area contributed by atoms with Gasteiger partial charge in [-0.15, -0.1) is 0 Å². The molecule has 1 heterocycles. The van der Waals surface area contributed by atoms with E-state index < -0.39 is 0 Å². The highest BCUT2D eigenvalue weighted by Crippen LogP contribution is 2.30. The minimum absolute atomic E-state index is 0.0339. The molecule has 1 saturated heterocycles. The standard InChI is InChI=1S/C22H24Cl3NO3/c1-2-15-5-8-19(23)18(22(15)25)14-29-17-6-3-16(4-7-17)20-13-26(11-12-28-20)10-9-21(24)27/h3-8,20H,2,9-14H2,1H3. The van der Waals surface area contributed by atoms with Crippen LogP contribution in [0.1, 0.15) is 36.1 Å². The minimum Gasteiger partial charge on any atom is -0.489 e. The van der Waals surface area contributed by atoms with Crippen molar-refractivity contribution in [3.63, 3.8) is 0 Å². The Labute approximate surface area is 186 Å². The Balaban J connectivity index is 1.60. The van der Waals surface area contributed by atoms with Gasteiger partial charge in [-0.3, -0.25) is 9.69 Å². The first kappa shape index (κ1) is 22.4. The maximum absolute atomic E-state index is 11.0. The predicted octanol–water partition coefficient (Wildman–Crippen LogP) is 5.66. The van der Waals surface area contributed by atoms with Gasteiger partial charge < -0.3 is 9.47 Å². The van der Waals surface area contributed by atoms with Crippen molar-refractivity contribution >= 4 is 40.0 Å². The number of hydrogen-bond acceptors (Lipinski definition) is 4. The van der Waals surface area contributed by atoms with E-state index in [-0.39, 0.29) is 11.3 Å². The SMILES string of the molecule is CCc1ccc(Cl)c(COc2ccc(C3CN(CCC(=O)Cl)CCO3)cc2)c1Cl. The molecule has 156 valence electrons. The van der Waals surface area contributed by atoms with Crippen molar-refractivity contribution in [2.45, 2.75) is 32.5 Å². The van der Waals surface area contributed by atoms with Crippen molar-refractivity contribution in [3.05, 3.63) is 63.1 Å². The molecule has 0 bridgehead atoms. The molecule has 0 saturated carbocycles. The van der Waals surface area contributed by atoms with E-state index in [0.717, 1.165) is 42.0 Å². The number of carbonyl (C=O) groups excluding carboxylic acids is 1. The van der Waals surface area contributed by atoms with Crippen molar-refractivity contribution in [2.75, 3.05) is 26.2 Å². The highest BCUT2D eigenvalue weighted by Gasteiger charge is 2.22. The molecule has 1 aliphatic rings. The highest BCUT2D eigenvalue weighted by atomic mass is 35.5. The summed E-state index contributed by atoms with van der Waals surface area (Å²) in [5, 5.41) is 0.969. The van der Waals surface area contributed by atoms with E-state index in [4.69, 9.17) is 44.3 Å². The van der Waals surface area contributed by atoms with Crippen LogP contribution in [0.4, 0.5) is 0 Å². The Morgan fingerprint density at radius 3 is 2.66 bits per heavy atom. The van der Waals surface area contributed by atoms with E-state index in [1.165, 1.54) is 0 Å². The summed E-state index contributed by atoms with van der Waals surface area (Å²) in [6.45, 7) is 5.19. The van der Waals surface area contributed by atoms with Gasteiger partial charge in [-0.2, -0.15) is 0 Å². The molecule has 3 rings (SSSR count). The molecule has 29 heavy (non-hydrogen) atoms. The summed E-state index contributed by atoms with van der Waals surface area (Å²) in [5.74, 6) is 0.739. The van der Waals surface area contributed by atoms with Crippen molar-refractivity contribution in [1.29, 1.82) is 0 Å². The number of carbonyl (C=O) groups is 1. The van der Waals surface area contributed by atoms with Crippen LogP contribution in [0.15, 0.2) is 36.4 Å². The smallest absolute Gasteiger partial charge is 0.222 e. The third-order valence-corrected chi connectivity index (χ3v) is 6.07. The number of ether oxygens (including phenoxy) is 2. The molecule has 2 aromatic carbocycles. The quantitative estimate of drug-likeness (QED) is 0.480. The number of hydrogen-bond donors (Lipinski definition) is 0. The van der Waals surface area contributed by atoms with Crippen molar-refractivity contribution in [3.8, 4) is 5.75 Å². The van der Waals surface area contributed by atoms with Gasteiger partial charge in [0.2, 0.25) is 5.24 Å². The van der Waals surface area contributed by atoms with Crippen LogP contribution in [0.2, 0.25) is 10.0 Å². The monoisotopic (exact) mass is 455 g/mol. The molecule has 1 unspecified atom stereocenters. The summed E-state index contributed by atoms with van der Waals surface area (Å²) >= 11 is 18.2. The lowest BCUT2D eigenvalue weighted by Gasteiger charge is -2.32. The maximum atomic E-state index is 11.0. The van der Waals surface area contributed by atoms with Crippen LogP contribution in [0.3, 0.4) is 0 Å². The van der Waals surface area contributed by atoms with Crippen molar-refractivity contribution < 1.29 is 14.3 Å². The van der Waals surface area contributed by atoms with E-state index in [0.29, 0.717) is 36.2 Å². The Hall–Kier alpha value is -1.30. The van der Waals surface area contributed by atoms with Crippen molar-refractivity contribution in [2.24, 2.45) is 0 Å². The van der Waals surface area contributed by atoms with Gasteiger partial charge in [0, 0.05) is 36.6 Å². The minimum atomic E-state index is -0.306. The number of aryl methyl sites for hydroxylation is 1. The van der Waals surface area contributed by atoms with Gasteiger partial charge in [0.15, 0.2) is 0 Å². The molecule has 0 spiro atoms. The number of nitrogens with zero attached hydrogens (tertiary/aromatic N) is 1. The summed E-state index contributed by atoms with van der Waals surface area (Å²) in [7, 11) is 0. The molecule has 4 nitrogen and oxygen atoms in total. The molecule has 2 aromatic rings. The molecular formula is C22H24Cl3NO3. The van der Waals surface area contributed by atoms with Gasteiger partial charge in [-0.05, 0) is 47.3 Å². The maximum Gasteiger partial charge on any atom is 0.222 e. The van der Waals surface area contributed by atoms with Crippen LogP contribution in [-0.2, 0) is 22.6 Å². The van der Waals surface area contributed by atoms with Gasteiger partial charge in [0.25, 0.3) is 0 Å². The first-order valence-electron chi connectivity index (χ1n) is 9.68. The zero-order valence-corrected chi connectivity index (χ0v) is 18.6. The second-order valence-corrected chi connectivity index (χ2v) is 8.18. The topological polar surface area (TPSA) is 38.8 Å². The van der Waals surface area contributed by atoms with Gasteiger partial charge in [0.05, 0.1) is 17.7 Å². The van der Waals surface area contributed by atoms with Gasteiger partial charge in [-0.1, -0.05) is 48.3 Å². The molecule has 7 heteroatoms. The van der Waals surface area contributed by atoms with Crippen molar-refractivity contribution in [1.82, 2.24) is 4.90 Å². The first-order valence-corrected chi connectivity index (χ1v) is 10.8. The Morgan fingerprint density at radius 1 is 1.21 bits per heavy atom. The Kier molecular flexibility index (Phi) is 8.22. The van der Waals surface area contributed by atoms with E-state index in [1.54, 1.807) is 0 Å². The fraction of sp³-hybridized carbons (Fsp3) is 0.409. The van der Waals surface area contributed by atoms with Gasteiger partial charge in [-0.25, -0.2) is 0 Å². The molecule has 1 atom stereocenters. The average molecular weight is 457 g/mol. The number of benzene rings is 2. The summed E-state index contributed by atoms with van der Waals surface area (Å²) in [5.41, 5.74) is 2.93. The second kappa shape index (κ2) is 10.6. The summed E-state index contributed by atoms with van der Waals surface area (Å²) in [6, 6.07) is 11.7. The summed E-state index contributed by atoms with van der Waals surface area (Å²) in [4.78, 5) is 13.2. The third kappa shape index (κ3) is 6.09. The fourth-order valence-electron chi connectivity index (χ4n) is 3.34. The molecule has 1 fully saturated rings. The Morgan fingerprint density at radius 2 is 1.97 bits per heavy atom. The molecule has 0 N–H and O–H groups in total. The zero-order valence-electron chi connectivity index (χ0n) is 16.3. The molecule has 0 aliphatic carbocycles. The van der Waals surface area contributed by atoms with Crippen LogP contribution in [-0.4, -0.2) is 36.4 Å². The molecular weight excluding hydrogens is 433 g/mol. The first-order chi connectivity index (χ1) is 14.0. The van der Waals surface area contributed by atoms with E-state index in [9.17, 15) is 4.79 Å². The average Bonchev–Trinajstić information content (AvgIpc) is 2.73. The van der Waals surface area contributed by atoms with Gasteiger partial charge in [0.1, 0.15) is 12.4 Å². The lowest BCUT2D eigenvalue weighted by Crippen LogP contribution is -2.39. The third-order valence-electron chi connectivity index (χ3n) is 5.06. The van der Waals surface area contributed by atoms with E-state index >= 15 is 0 Å². The van der Waals surface area contributed by atoms with Crippen LogP contribution in [0.5, 0.6) is 5.75 Å². The van der Waals surface area contributed by atoms with E-state index in [1.807, 2.05) is 36.4 Å². The number of halogens is 3. The molecule has 1 aliphatic heterocycles. The summed E-state index contributed by atoms with van der Waals surface area (Å²) in [6.07, 6.45) is 1.16. The molecule has 0 radical (unpaired) electrons. The normalized spacial score (nSPS) is 17.3. The van der Waals surface area contributed by atoms with Gasteiger partial charge >= 0.3 is 0 Å². The zero-order chi connectivity index (χ0) is 20.8. The van der Waals surface area contributed by atoms with Crippen LogP contribution >= 0.6 is 34.8 Å². The lowest BCUT2D eigenvalue weighted by molar-refractivity contribution is -0.112. The number of rotatable bonds is 8. The van der Waals surface area contributed by atoms with Crippen LogP contribution in [0.25, 0.3) is 0 Å². The Bertz CT molecular complexity index is 842. The largest absolute Gasteiger partial charge is 0.489 e.